The first kappa shape index (κ1) is 13.5. The summed E-state index contributed by atoms with van der Waals surface area (Å²) in [5.41, 5.74) is 0.653. The zero-order valence-corrected chi connectivity index (χ0v) is 10.8. The second-order valence-electron chi connectivity index (χ2n) is 4.76. The van der Waals surface area contributed by atoms with Crippen molar-refractivity contribution in [2.75, 3.05) is 6.61 Å². The summed E-state index contributed by atoms with van der Waals surface area (Å²) in [4.78, 5) is 22.7. The fourth-order valence-electron chi connectivity index (χ4n) is 2.16. The molecule has 5 heteroatoms. The molecule has 2 rings (SSSR count). The van der Waals surface area contributed by atoms with E-state index in [9.17, 15) is 9.59 Å². The molecule has 1 amide bonds. The molecule has 0 spiro atoms. The SMILES string of the molecule is CC1CC(NC(=O)c2ccc(C(=O)O)cc2)CCO1. The first-order chi connectivity index (χ1) is 9.06. The van der Waals surface area contributed by atoms with E-state index in [2.05, 4.69) is 5.32 Å². The quantitative estimate of drug-likeness (QED) is 0.870. The molecule has 2 atom stereocenters. The Morgan fingerprint density at radius 1 is 1.26 bits per heavy atom. The molecule has 1 fully saturated rings. The van der Waals surface area contributed by atoms with Gasteiger partial charge in [-0.25, -0.2) is 4.79 Å². The number of rotatable bonds is 3. The number of aromatic carboxylic acids is 1. The third-order valence-electron chi connectivity index (χ3n) is 3.21. The Labute approximate surface area is 111 Å². The van der Waals surface area contributed by atoms with Crippen molar-refractivity contribution in [1.82, 2.24) is 5.32 Å². The zero-order valence-electron chi connectivity index (χ0n) is 10.8. The summed E-state index contributed by atoms with van der Waals surface area (Å²) in [6.07, 6.45) is 1.77. The number of nitrogens with one attached hydrogen (secondary N) is 1. The topological polar surface area (TPSA) is 75.6 Å². The third kappa shape index (κ3) is 3.54. The van der Waals surface area contributed by atoms with E-state index in [1.54, 1.807) is 0 Å². The summed E-state index contributed by atoms with van der Waals surface area (Å²) < 4.78 is 5.42. The first-order valence-corrected chi connectivity index (χ1v) is 6.32. The lowest BCUT2D eigenvalue weighted by Crippen LogP contribution is -2.41. The van der Waals surface area contributed by atoms with Gasteiger partial charge in [-0.1, -0.05) is 0 Å². The highest BCUT2D eigenvalue weighted by Gasteiger charge is 2.21. The predicted molar refractivity (Wildman–Crippen MR) is 69.3 cm³/mol. The van der Waals surface area contributed by atoms with Gasteiger partial charge in [0.15, 0.2) is 0 Å². The highest BCUT2D eigenvalue weighted by Crippen LogP contribution is 2.14. The number of carbonyl (C=O) groups excluding carboxylic acids is 1. The maximum absolute atomic E-state index is 12.0. The highest BCUT2D eigenvalue weighted by atomic mass is 16.5. The summed E-state index contributed by atoms with van der Waals surface area (Å²) in [6, 6.07) is 6.05. The Balaban J connectivity index is 1.97. The predicted octanol–water partition coefficient (Wildman–Crippen LogP) is 1.68. The van der Waals surface area contributed by atoms with Crippen molar-refractivity contribution >= 4 is 11.9 Å². The molecule has 2 N–H and O–H groups in total. The Hall–Kier alpha value is -1.88. The number of carboxylic acid groups (broad SMARTS) is 1. The first-order valence-electron chi connectivity index (χ1n) is 6.32. The van der Waals surface area contributed by atoms with Crippen LogP contribution in [-0.2, 0) is 4.74 Å². The van der Waals surface area contributed by atoms with Gasteiger partial charge in [0.05, 0.1) is 11.7 Å². The smallest absolute Gasteiger partial charge is 0.335 e. The Morgan fingerprint density at radius 3 is 2.47 bits per heavy atom. The van der Waals surface area contributed by atoms with Gasteiger partial charge in [0.1, 0.15) is 0 Å². The lowest BCUT2D eigenvalue weighted by Gasteiger charge is -2.27. The van der Waals surface area contributed by atoms with Crippen LogP contribution in [0.4, 0.5) is 0 Å². The monoisotopic (exact) mass is 263 g/mol. The van der Waals surface area contributed by atoms with Gasteiger partial charge in [0.2, 0.25) is 0 Å². The number of hydrogen-bond donors (Lipinski definition) is 2. The average molecular weight is 263 g/mol. The molecule has 102 valence electrons. The van der Waals surface area contributed by atoms with Gasteiger partial charge in [0, 0.05) is 18.2 Å². The van der Waals surface area contributed by atoms with E-state index >= 15 is 0 Å². The van der Waals surface area contributed by atoms with E-state index < -0.39 is 5.97 Å². The molecule has 1 heterocycles. The molecule has 0 aliphatic carbocycles. The van der Waals surface area contributed by atoms with Crippen LogP contribution < -0.4 is 5.32 Å². The fourth-order valence-corrected chi connectivity index (χ4v) is 2.16. The second kappa shape index (κ2) is 5.84. The molecule has 1 aromatic rings. The van der Waals surface area contributed by atoms with E-state index in [0.29, 0.717) is 12.2 Å². The largest absolute Gasteiger partial charge is 0.478 e. The molecule has 0 aromatic heterocycles. The molecule has 1 aromatic carbocycles. The van der Waals surface area contributed by atoms with Gasteiger partial charge in [-0.3, -0.25) is 4.79 Å². The number of hydrogen-bond acceptors (Lipinski definition) is 3. The van der Waals surface area contributed by atoms with Crippen molar-refractivity contribution < 1.29 is 19.4 Å². The van der Waals surface area contributed by atoms with Gasteiger partial charge < -0.3 is 15.2 Å². The van der Waals surface area contributed by atoms with Gasteiger partial charge in [0.25, 0.3) is 5.91 Å². The zero-order chi connectivity index (χ0) is 13.8. The summed E-state index contributed by atoms with van der Waals surface area (Å²) in [5, 5.41) is 11.7. The normalized spacial score (nSPS) is 22.8. The molecular formula is C14H17NO4. The minimum absolute atomic E-state index is 0.121. The van der Waals surface area contributed by atoms with E-state index in [1.165, 1.54) is 24.3 Å². The highest BCUT2D eigenvalue weighted by molar-refractivity contribution is 5.96. The Kier molecular flexibility index (Phi) is 4.16. The summed E-state index contributed by atoms with van der Waals surface area (Å²) in [6.45, 7) is 2.64. The maximum atomic E-state index is 12.0. The lowest BCUT2D eigenvalue weighted by molar-refractivity contribution is 0.0136. The van der Waals surface area contributed by atoms with Crippen LogP contribution in [0.2, 0.25) is 0 Å². The molecule has 0 saturated carbocycles. The van der Waals surface area contributed by atoms with E-state index in [4.69, 9.17) is 9.84 Å². The van der Waals surface area contributed by atoms with Crippen molar-refractivity contribution in [2.45, 2.75) is 31.9 Å². The molecule has 1 aliphatic heterocycles. The number of benzene rings is 1. The van der Waals surface area contributed by atoms with E-state index in [1.807, 2.05) is 6.92 Å². The molecule has 0 bridgehead atoms. The Morgan fingerprint density at radius 2 is 1.89 bits per heavy atom. The molecule has 19 heavy (non-hydrogen) atoms. The van der Waals surface area contributed by atoms with Crippen LogP contribution in [0.25, 0.3) is 0 Å². The van der Waals surface area contributed by atoms with Crippen molar-refractivity contribution in [1.29, 1.82) is 0 Å². The summed E-state index contributed by atoms with van der Waals surface area (Å²) >= 11 is 0. The van der Waals surface area contributed by atoms with Crippen LogP contribution in [0.3, 0.4) is 0 Å². The minimum atomic E-state index is -0.995. The van der Waals surface area contributed by atoms with Crippen molar-refractivity contribution in [3.63, 3.8) is 0 Å². The van der Waals surface area contributed by atoms with Crippen molar-refractivity contribution in [3.05, 3.63) is 35.4 Å². The van der Waals surface area contributed by atoms with Gasteiger partial charge in [-0.15, -0.1) is 0 Å². The van der Waals surface area contributed by atoms with Crippen LogP contribution in [0.1, 0.15) is 40.5 Å². The van der Waals surface area contributed by atoms with Gasteiger partial charge in [-0.05, 0) is 44.0 Å². The average Bonchev–Trinajstić information content (AvgIpc) is 2.39. The van der Waals surface area contributed by atoms with Crippen molar-refractivity contribution in [3.8, 4) is 0 Å². The summed E-state index contributed by atoms with van der Waals surface area (Å²) in [5.74, 6) is -1.17. The molecule has 0 radical (unpaired) electrons. The number of carbonyl (C=O) groups is 2. The minimum Gasteiger partial charge on any atom is -0.478 e. The number of carboxylic acids is 1. The van der Waals surface area contributed by atoms with Crippen LogP contribution in [-0.4, -0.2) is 35.7 Å². The van der Waals surface area contributed by atoms with Gasteiger partial charge >= 0.3 is 5.97 Å². The van der Waals surface area contributed by atoms with E-state index in [0.717, 1.165) is 12.8 Å². The Bertz CT molecular complexity index is 469. The third-order valence-corrected chi connectivity index (χ3v) is 3.21. The van der Waals surface area contributed by atoms with Crippen LogP contribution in [0.5, 0.6) is 0 Å². The van der Waals surface area contributed by atoms with Crippen LogP contribution >= 0.6 is 0 Å². The van der Waals surface area contributed by atoms with E-state index in [-0.39, 0.29) is 23.6 Å². The molecule has 1 aliphatic rings. The van der Waals surface area contributed by atoms with Crippen LogP contribution in [0.15, 0.2) is 24.3 Å². The number of amides is 1. The second-order valence-corrected chi connectivity index (χ2v) is 4.76. The fraction of sp³-hybridized carbons (Fsp3) is 0.429. The number of ether oxygens (including phenoxy) is 1. The lowest BCUT2D eigenvalue weighted by atomic mass is 10.0. The molecule has 5 nitrogen and oxygen atoms in total. The molecular weight excluding hydrogens is 246 g/mol. The molecule has 1 saturated heterocycles. The standard InChI is InChI=1S/C14H17NO4/c1-9-8-12(6-7-19-9)15-13(16)10-2-4-11(5-3-10)14(17)18/h2-5,9,12H,6-8H2,1H3,(H,15,16)(H,17,18). The van der Waals surface area contributed by atoms with Crippen molar-refractivity contribution in [2.24, 2.45) is 0 Å². The van der Waals surface area contributed by atoms with Crippen LogP contribution in [0, 0.1) is 0 Å². The molecule has 2 unspecified atom stereocenters. The maximum Gasteiger partial charge on any atom is 0.335 e. The van der Waals surface area contributed by atoms with Gasteiger partial charge in [-0.2, -0.15) is 0 Å². The summed E-state index contributed by atoms with van der Waals surface area (Å²) in [7, 11) is 0.